The minimum absolute atomic E-state index is 0.700. The van der Waals surface area contributed by atoms with Crippen molar-refractivity contribution in [3.8, 4) is 0 Å². The van der Waals surface area contributed by atoms with Crippen LogP contribution in [0.1, 0.15) is 10.6 Å². The lowest BCUT2D eigenvalue weighted by molar-refractivity contribution is 0.938. The molecule has 0 N–H and O–H groups in total. The molecule has 0 atom stereocenters. The molecule has 4 heteroatoms. The molecule has 0 amide bonds. The Morgan fingerprint density at radius 1 is 1.14 bits per heavy atom. The molecule has 2 rings (SSSR count). The lowest BCUT2D eigenvalue weighted by Crippen LogP contribution is -1.89. The number of hydrogen-bond acceptors (Lipinski definition) is 3. The van der Waals surface area contributed by atoms with Crippen LogP contribution in [-0.2, 0) is 12.8 Å². The minimum Gasteiger partial charge on any atom is -0.214 e. The van der Waals surface area contributed by atoms with Gasteiger partial charge in [0, 0.05) is 6.42 Å². The Hall–Kier alpha value is -0.740. The fraction of sp³-hybridized carbons (Fsp3) is 0.200. The summed E-state index contributed by atoms with van der Waals surface area (Å²) < 4.78 is 4.78. The summed E-state index contributed by atoms with van der Waals surface area (Å²) in [5.74, 6) is 0. The molecule has 72 valence electrons. The van der Waals surface area contributed by atoms with Crippen LogP contribution in [-0.4, -0.2) is 9.36 Å². The fourth-order valence-corrected chi connectivity index (χ4v) is 2.32. The SMILES string of the molecule is Brc1nsc(CCc2ccccc2)n1. The van der Waals surface area contributed by atoms with E-state index in [0.717, 1.165) is 17.8 Å². The van der Waals surface area contributed by atoms with Gasteiger partial charge in [-0.15, -0.1) is 0 Å². The van der Waals surface area contributed by atoms with Crippen LogP contribution in [0, 0.1) is 0 Å². The minimum atomic E-state index is 0.700. The number of aryl methyl sites for hydroxylation is 2. The predicted octanol–water partition coefficient (Wildman–Crippen LogP) is 3.09. The molecule has 0 aliphatic rings. The first-order chi connectivity index (χ1) is 6.84. The summed E-state index contributed by atoms with van der Waals surface area (Å²) in [6.45, 7) is 0. The standard InChI is InChI=1S/C10H9BrN2S/c11-10-12-9(14-13-10)7-6-8-4-2-1-3-5-8/h1-5H,6-7H2. The Morgan fingerprint density at radius 2 is 1.93 bits per heavy atom. The summed E-state index contributed by atoms with van der Waals surface area (Å²) >= 11 is 4.71. The van der Waals surface area contributed by atoms with E-state index >= 15 is 0 Å². The highest BCUT2D eigenvalue weighted by molar-refractivity contribution is 9.10. The third kappa shape index (κ3) is 2.62. The maximum atomic E-state index is 4.25. The number of nitrogens with zero attached hydrogens (tertiary/aromatic N) is 2. The second kappa shape index (κ2) is 4.66. The highest BCUT2D eigenvalue weighted by Gasteiger charge is 2.01. The third-order valence-electron chi connectivity index (χ3n) is 1.91. The quantitative estimate of drug-likeness (QED) is 0.855. The van der Waals surface area contributed by atoms with Crippen molar-refractivity contribution >= 4 is 27.5 Å². The van der Waals surface area contributed by atoms with E-state index in [0.29, 0.717) is 4.73 Å². The van der Waals surface area contributed by atoms with E-state index in [4.69, 9.17) is 0 Å². The fourth-order valence-electron chi connectivity index (χ4n) is 1.23. The van der Waals surface area contributed by atoms with E-state index in [1.807, 2.05) is 6.07 Å². The van der Waals surface area contributed by atoms with Crippen LogP contribution >= 0.6 is 27.5 Å². The van der Waals surface area contributed by atoms with Crippen molar-refractivity contribution in [2.45, 2.75) is 12.8 Å². The molecule has 0 aliphatic carbocycles. The Balaban J connectivity index is 1.95. The summed E-state index contributed by atoms with van der Waals surface area (Å²) in [4.78, 5) is 4.25. The van der Waals surface area contributed by atoms with Gasteiger partial charge in [-0.2, -0.15) is 4.37 Å². The zero-order valence-corrected chi connectivity index (χ0v) is 9.88. The first-order valence-corrected chi connectivity index (χ1v) is 5.93. The number of aromatic nitrogens is 2. The molecule has 0 spiro atoms. The lowest BCUT2D eigenvalue weighted by Gasteiger charge is -1.96. The molecule has 2 aromatic rings. The molecular formula is C10H9BrN2S. The van der Waals surface area contributed by atoms with E-state index in [-0.39, 0.29) is 0 Å². The van der Waals surface area contributed by atoms with Gasteiger partial charge in [0.1, 0.15) is 5.01 Å². The van der Waals surface area contributed by atoms with Crippen molar-refractivity contribution < 1.29 is 0 Å². The maximum Gasteiger partial charge on any atom is 0.209 e. The number of rotatable bonds is 3. The maximum absolute atomic E-state index is 4.25. The molecule has 0 saturated carbocycles. The summed E-state index contributed by atoms with van der Waals surface area (Å²) in [7, 11) is 0. The van der Waals surface area contributed by atoms with Crippen LogP contribution in [0.2, 0.25) is 0 Å². The topological polar surface area (TPSA) is 25.8 Å². The Kier molecular flexibility index (Phi) is 3.26. The zero-order valence-electron chi connectivity index (χ0n) is 7.48. The normalized spacial score (nSPS) is 10.4. The van der Waals surface area contributed by atoms with Crippen molar-refractivity contribution in [3.63, 3.8) is 0 Å². The number of benzene rings is 1. The van der Waals surface area contributed by atoms with E-state index in [2.05, 4.69) is 49.6 Å². The second-order valence-corrected chi connectivity index (χ2v) is 4.49. The van der Waals surface area contributed by atoms with Crippen molar-refractivity contribution in [2.24, 2.45) is 0 Å². The van der Waals surface area contributed by atoms with Gasteiger partial charge in [-0.05, 0) is 39.4 Å². The van der Waals surface area contributed by atoms with Crippen molar-refractivity contribution in [1.29, 1.82) is 0 Å². The molecule has 1 aromatic carbocycles. The van der Waals surface area contributed by atoms with Crippen LogP contribution in [0.3, 0.4) is 0 Å². The van der Waals surface area contributed by atoms with Gasteiger partial charge in [-0.1, -0.05) is 30.3 Å². The molecule has 0 fully saturated rings. The van der Waals surface area contributed by atoms with Crippen molar-refractivity contribution in [3.05, 3.63) is 45.6 Å². The Labute approximate surface area is 95.3 Å². The first-order valence-electron chi connectivity index (χ1n) is 4.36. The van der Waals surface area contributed by atoms with Gasteiger partial charge in [-0.3, -0.25) is 0 Å². The summed E-state index contributed by atoms with van der Waals surface area (Å²) in [6, 6.07) is 10.4. The van der Waals surface area contributed by atoms with Gasteiger partial charge in [0.2, 0.25) is 4.73 Å². The Bertz CT molecular complexity index is 400. The smallest absolute Gasteiger partial charge is 0.209 e. The Morgan fingerprint density at radius 3 is 2.57 bits per heavy atom. The molecule has 0 saturated heterocycles. The number of hydrogen-bond donors (Lipinski definition) is 0. The predicted molar refractivity (Wildman–Crippen MR) is 61.5 cm³/mol. The average molecular weight is 269 g/mol. The molecule has 2 nitrogen and oxygen atoms in total. The largest absolute Gasteiger partial charge is 0.214 e. The molecule has 1 heterocycles. The van der Waals surface area contributed by atoms with Gasteiger partial charge >= 0.3 is 0 Å². The summed E-state index contributed by atoms with van der Waals surface area (Å²) in [5, 5.41) is 1.08. The number of halogens is 1. The van der Waals surface area contributed by atoms with E-state index in [1.165, 1.54) is 17.1 Å². The molecule has 1 aromatic heterocycles. The van der Waals surface area contributed by atoms with Crippen LogP contribution in [0.4, 0.5) is 0 Å². The van der Waals surface area contributed by atoms with Crippen molar-refractivity contribution in [1.82, 2.24) is 9.36 Å². The van der Waals surface area contributed by atoms with Crippen LogP contribution in [0.25, 0.3) is 0 Å². The van der Waals surface area contributed by atoms with E-state index in [9.17, 15) is 0 Å². The zero-order chi connectivity index (χ0) is 9.80. The highest BCUT2D eigenvalue weighted by atomic mass is 79.9. The molecule has 0 radical (unpaired) electrons. The van der Waals surface area contributed by atoms with Gasteiger partial charge < -0.3 is 0 Å². The average Bonchev–Trinajstić information content (AvgIpc) is 2.63. The monoisotopic (exact) mass is 268 g/mol. The van der Waals surface area contributed by atoms with Gasteiger partial charge in [-0.25, -0.2) is 4.98 Å². The van der Waals surface area contributed by atoms with E-state index in [1.54, 1.807) is 0 Å². The highest BCUT2D eigenvalue weighted by Crippen LogP contribution is 2.12. The van der Waals surface area contributed by atoms with Crippen LogP contribution < -0.4 is 0 Å². The first kappa shape index (κ1) is 9.80. The van der Waals surface area contributed by atoms with Crippen LogP contribution in [0.15, 0.2) is 35.1 Å². The molecule has 0 aliphatic heterocycles. The molecule has 0 bridgehead atoms. The van der Waals surface area contributed by atoms with Crippen LogP contribution in [0.5, 0.6) is 0 Å². The lowest BCUT2D eigenvalue weighted by atomic mass is 10.1. The van der Waals surface area contributed by atoms with E-state index < -0.39 is 0 Å². The van der Waals surface area contributed by atoms with Gasteiger partial charge in [0.25, 0.3) is 0 Å². The van der Waals surface area contributed by atoms with Gasteiger partial charge in [0.05, 0.1) is 0 Å². The summed E-state index contributed by atoms with van der Waals surface area (Å²) in [6.07, 6.45) is 2.00. The molecule has 14 heavy (non-hydrogen) atoms. The third-order valence-corrected chi connectivity index (χ3v) is 3.27. The molecular weight excluding hydrogens is 260 g/mol. The summed E-state index contributed by atoms with van der Waals surface area (Å²) in [5.41, 5.74) is 1.35. The molecule has 0 unspecified atom stereocenters. The van der Waals surface area contributed by atoms with Crippen molar-refractivity contribution in [2.75, 3.05) is 0 Å². The van der Waals surface area contributed by atoms with Gasteiger partial charge in [0.15, 0.2) is 0 Å². The second-order valence-electron chi connectivity index (χ2n) is 2.94.